The van der Waals surface area contributed by atoms with E-state index in [0.29, 0.717) is 0 Å². The Kier molecular flexibility index (Phi) is 5.17. The molecule has 0 radical (unpaired) electrons. The molecule has 0 spiro atoms. The van der Waals surface area contributed by atoms with Gasteiger partial charge in [0.15, 0.2) is 0 Å². The summed E-state index contributed by atoms with van der Waals surface area (Å²) < 4.78 is 25.9. The molecule has 0 bridgehead atoms. The highest BCUT2D eigenvalue weighted by molar-refractivity contribution is 7.89. The molecule has 0 saturated carbocycles. The summed E-state index contributed by atoms with van der Waals surface area (Å²) in [5, 5.41) is 0. The van der Waals surface area contributed by atoms with Crippen LogP contribution in [-0.2, 0) is 20.2 Å². The van der Waals surface area contributed by atoms with Crippen LogP contribution in [0, 0.1) is 0 Å². The first kappa shape index (κ1) is 17.7. The number of hydrogen-bond donors (Lipinski definition) is 0. The summed E-state index contributed by atoms with van der Waals surface area (Å²) in [6.07, 6.45) is 0. The van der Waals surface area contributed by atoms with E-state index in [1.807, 2.05) is 12.1 Å². The van der Waals surface area contributed by atoms with Crippen molar-refractivity contribution in [2.75, 3.05) is 27.7 Å². The average molecular weight is 312 g/mol. The molecule has 6 heteroatoms. The van der Waals surface area contributed by atoms with Crippen LogP contribution < -0.4 is 0 Å². The first-order chi connectivity index (χ1) is 9.46. The van der Waals surface area contributed by atoms with Gasteiger partial charge in [0.2, 0.25) is 15.9 Å². The number of likely N-dealkylation sites (N-methyl/N-ethyl adjacent to an activating group) is 2. The Morgan fingerprint density at radius 3 is 1.90 bits per heavy atom. The molecule has 0 aliphatic carbocycles. The second-order valence-corrected chi connectivity index (χ2v) is 8.37. The van der Waals surface area contributed by atoms with Crippen LogP contribution >= 0.6 is 0 Å². The van der Waals surface area contributed by atoms with Gasteiger partial charge in [-0.1, -0.05) is 32.9 Å². The van der Waals surface area contributed by atoms with Gasteiger partial charge >= 0.3 is 0 Å². The van der Waals surface area contributed by atoms with Crippen molar-refractivity contribution in [3.8, 4) is 0 Å². The lowest BCUT2D eigenvalue weighted by Gasteiger charge is -2.21. The quantitative estimate of drug-likeness (QED) is 0.850. The van der Waals surface area contributed by atoms with Gasteiger partial charge in [-0.25, -0.2) is 8.42 Å². The van der Waals surface area contributed by atoms with E-state index in [0.717, 1.165) is 9.87 Å². The molecule has 118 valence electrons. The second-order valence-electron chi connectivity index (χ2n) is 6.32. The third-order valence-corrected chi connectivity index (χ3v) is 5.10. The summed E-state index contributed by atoms with van der Waals surface area (Å²) in [5.74, 6) is -0.257. The minimum Gasteiger partial charge on any atom is -0.348 e. The van der Waals surface area contributed by atoms with Gasteiger partial charge in [0.25, 0.3) is 0 Å². The van der Waals surface area contributed by atoms with Crippen LogP contribution in [0.1, 0.15) is 26.3 Å². The van der Waals surface area contributed by atoms with Crippen molar-refractivity contribution in [2.45, 2.75) is 31.1 Å². The van der Waals surface area contributed by atoms with E-state index in [-0.39, 0.29) is 22.8 Å². The molecule has 0 aromatic heterocycles. The number of carbonyl (C=O) groups is 1. The van der Waals surface area contributed by atoms with Gasteiger partial charge in [-0.15, -0.1) is 0 Å². The summed E-state index contributed by atoms with van der Waals surface area (Å²) in [4.78, 5) is 13.2. The Morgan fingerprint density at radius 2 is 1.52 bits per heavy atom. The fraction of sp³-hybridized carbons (Fsp3) is 0.533. The molecule has 0 aliphatic heterocycles. The van der Waals surface area contributed by atoms with Crippen molar-refractivity contribution in [3.05, 3.63) is 29.8 Å². The zero-order valence-corrected chi connectivity index (χ0v) is 14.4. The van der Waals surface area contributed by atoms with Gasteiger partial charge in [0, 0.05) is 21.1 Å². The van der Waals surface area contributed by atoms with Crippen LogP contribution in [0.3, 0.4) is 0 Å². The van der Waals surface area contributed by atoms with Crippen molar-refractivity contribution < 1.29 is 13.2 Å². The molecule has 21 heavy (non-hydrogen) atoms. The molecule has 1 amide bonds. The van der Waals surface area contributed by atoms with E-state index in [1.54, 1.807) is 26.2 Å². The van der Waals surface area contributed by atoms with Crippen molar-refractivity contribution in [1.29, 1.82) is 0 Å². The molecule has 0 aliphatic rings. The van der Waals surface area contributed by atoms with Gasteiger partial charge in [-0.3, -0.25) is 4.79 Å². The number of hydrogen-bond acceptors (Lipinski definition) is 3. The van der Waals surface area contributed by atoms with E-state index < -0.39 is 10.0 Å². The molecule has 5 nitrogen and oxygen atoms in total. The smallest absolute Gasteiger partial charge is 0.243 e. The van der Waals surface area contributed by atoms with Crippen LogP contribution in [0.25, 0.3) is 0 Å². The largest absolute Gasteiger partial charge is 0.348 e. The van der Waals surface area contributed by atoms with E-state index in [4.69, 9.17) is 0 Å². The van der Waals surface area contributed by atoms with Gasteiger partial charge in [-0.2, -0.15) is 4.31 Å². The van der Waals surface area contributed by atoms with Crippen LogP contribution in [-0.4, -0.2) is 51.2 Å². The molecular formula is C15H24N2O3S. The average Bonchev–Trinajstić information content (AvgIpc) is 2.37. The third-order valence-electron chi connectivity index (χ3n) is 3.29. The lowest BCUT2D eigenvalue weighted by Crippen LogP contribution is -2.37. The Morgan fingerprint density at radius 1 is 1.05 bits per heavy atom. The summed E-state index contributed by atoms with van der Waals surface area (Å²) >= 11 is 0. The summed E-state index contributed by atoms with van der Waals surface area (Å²) in [6.45, 7) is 6.03. The maximum absolute atomic E-state index is 12.4. The monoisotopic (exact) mass is 312 g/mol. The van der Waals surface area contributed by atoms with Gasteiger partial charge in [0.05, 0.1) is 11.4 Å². The topological polar surface area (TPSA) is 57.7 Å². The Labute approximate surface area is 127 Å². The maximum atomic E-state index is 12.4. The van der Waals surface area contributed by atoms with Crippen molar-refractivity contribution in [1.82, 2.24) is 9.21 Å². The molecule has 0 fully saturated rings. The highest BCUT2D eigenvalue weighted by Crippen LogP contribution is 2.24. The van der Waals surface area contributed by atoms with Crippen LogP contribution in [0.2, 0.25) is 0 Å². The van der Waals surface area contributed by atoms with Crippen LogP contribution in [0.5, 0.6) is 0 Å². The summed E-state index contributed by atoms with van der Waals surface area (Å²) in [6, 6.07) is 6.81. The van der Waals surface area contributed by atoms with Crippen molar-refractivity contribution in [2.24, 2.45) is 0 Å². The fourth-order valence-corrected chi connectivity index (χ4v) is 2.84. The summed E-state index contributed by atoms with van der Waals surface area (Å²) in [7, 11) is 0.963. The normalized spacial score (nSPS) is 12.5. The van der Waals surface area contributed by atoms with Crippen LogP contribution in [0.4, 0.5) is 0 Å². The lowest BCUT2D eigenvalue weighted by atomic mass is 9.87. The molecule has 1 aromatic rings. The number of rotatable bonds is 4. The predicted octanol–water partition coefficient (Wildman–Crippen LogP) is 1.69. The second kappa shape index (κ2) is 6.15. The molecule has 0 heterocycles. The molecule has 0 atom stereocenters. The van der Waals surface area contributed by atoms with E-state index in [1.165, 1.54) is 11.9 Å². The van der Waals surface area contributed by atoms with Crippen molar-refractivity contribution in [3.63, 3.8) is 0 Å². The molecule has 1 rings (SSSR count). The van der Waals surface area contributed by atoms with Gasteiger partial charge in [0.1, 0.15) is 0 Å². The number of amides is 1. The Bertz CT molecular complexity index is 599. The maximum Gasteiger partial charge on any atom is 0.243 e. The molecule has 1 aromatic carbocycles. The Balaban J connectivity index is 3.00. The number of carbonyl (C=O) groups excluding carboxylic acids is 1. The molecule has 0 unspecified atom stereocenters. The predicted molar refractivity (Wildman–Crippen MR) is 83.7 cm³/mol. The molecular weight excluding hydrogens is 288 g/mol. The number of benzene rings is 1. The van der Waals surface area contributed by atoms with E-state index in [9.17, 15) is 13.2 Å². The van der Waals surface area contributed by atoms with E-state index in [2.05, 4.69) is 20.8 Å². The highest BCUT2D eigenvalue weighted by atomic mass is 32.2. The zero-order valence-electron chi connectivity index (χ0n) is 13.5. The Hall–Kier alpha value is -1.40. The summed E-state index contributed by atoms with van der Waals surface area (Å²) in [5.41, 5.74) is 1.03. The van der Waals surface area contributed by atoms with E-state index >= 15 is 0 Å². The lowest BCUT2D eigenvalue weighted by molar-refractivity contribution is -0.128. The molecule has 0 saturated heterocycles. The SMILES string of the molecule is CN(C)C(=O)CN(C)S(=O)(=O)c1ccc(C(C)(C)C)cc1. The number of sulfonamides is 1. The van der Waals surface area contributed by atoms with Gasteiger partial charge < -0.3 is 4.90 Å². The minimum atomic E-state index is -3.64. The van der Waals surface area contributed by atoms with Crippen molar-refractivity contribution >= 4 is 15.9 Å². The number of nitrogens with zero attached hydrogens (tertiary/aromatic N) is 2. The first-order valence-corrected chi connectivity index (χ1v) is 8.17. The minimum absolute atomic E-state index is 0.0327. The van der Waals surface area contributed by atoms with Gasteiger partial charge in [-0.05, 0) is 23.1 Å². The van der Waals surface area contributed by atoms with Crippen LogP contribution in [0.15, 0.2) is 29.2 Å². The highest BCUT2D eigenvalue weighted by Gasteiger charge is 2.24. The fourth-order valence-electron chi connectivity index (χ4n) is 1.72. The third kappa shape index (κ3) is 4.28. The first-order valence-electron chi connectivity index (χ1n) is 6.73. The molecule has 0 N–H and O–H groups in total. The standard InChI is InChI=1S/C15H24N2O3S/c1-15(2,3)12-7-9-13(10-8-12)21(19,20)17(6)11-14(18)16(4)5/h7-10H,11H2,1-6H3. The zero-order chi connectivity index (χ0) is 16.4.